The zero-order valence-electron chi connectivity index (χ0n) is 12.9. The molecule has 1 saturated heterocycles. The third kappa shape index (κ3) is 3.20. The van der Waals surface area contributed by atoms with E-state index in [1.165, 1.54) is 13.1 Å². The molecular formula is C12H17N5O7. The van der Waals surface area contributed by atoms with E-state index in [1.807, 2.05) is 0 Å². The monoisotopic (exact) mass is 343 g/mol. The first kappa shape index (κ1) is 17.8. The van der Waals surface area contributed by atoms with Gasteiger partial charge in [0.2, 0.25) is 0 Å². The molecule has 0 saturated carbocycles. The fourth-order valence-electron chi connectivity index (χ4n) is 2.34. The summed E-state index contributed by atoms with van der Waals surface area (Å²) < 4.78 is 6.43. The Bertz CT molecular complexity index is 759. The molecule has 1 fully saturated rings. The lowest BCUT2D eigenvalue weighted by Gasteiger charge is -2.28. The number of urea groups is 1. The van der Waals surface area contributed by atoms with Crippen molar-refractivity contribution in [3.05, 3.63) is 37.5 Å². The average Bonchev–Trinajstić information content (AvgIpc) is 2.86. The zero-order chi connectivity index (χ0) is 18.1. The maximum atomic E-state index is 11.9. The van der Waals surface area contributed by atoms with Crippen LogP contribution in [0.15, 0.2) is 21.1 Å². The van der Waals surface area contributed by atoms with E-state index in [2.05, 4.69) is 15.6 Å². The quantitative estimate of drug-likeness (QED) is 0.282. The number of aryl methyl sites for hydroxylation is 1. The average molecular weight is 343 g/mol. The zero-order valence-corrected chi connectivity index (χ0v) is 12.9. The second kappa shape index (κ2) is 6.51. The molecule has 0 radical (unpaired) electrons. The van der Waals surface area contributed by atoms with Crippen molar-refractivity contribution in [1.29, 1.82) is 0 Å². The Morgan fingerprint density at radius 1 is 1.62 bits per heavy atom. The van der Waals surface area contributed by atoms with Crippen molar-refractivity contribution < 1.29 is 19.7 Å². The standard InChI is InChI=1S/C12H17N5O7/c1-6-4-17(10(20)13-9(6)19)8-3-12(22,7(5-18)24-8)14-11(21)16(2)15-23/h4,7-8,18,22H,3,5H2,1-2H3,(H,14,21)(H,13,19,20)/t7-,8-,12+/m1/s1. The highest BCUT2D eigenvalue weighted by molar-refractivity contribution is 5.74. The Kier molecular flexibility index (Phi) is 4.82. The highest BCUT2D eigenvalue weighted by atomic mass is 16.6. The number of H-pyrrole nitrogens is 1. The van der Waals surface area contributed by atoms with Gasteiger partial charge in [0.25, 0.3) is 5.56 Å². The van der Waals surface area contributed by atoms with E-state index in [-0.39, 0.29) is 12.0 Å². The Hall–Kier alpha value is -2.57. The van der Waals surface area contributed by atoms with Gasteiger partial charge in [-0.05, 0) is 6.92 Å². The van der Waals surface area contributed by atoms with Crippen LogP contribution in [0.3, 0.4) is 0 Å². The lowest BCUT2D eigenvalue weighted by molar-refractivity contribution is -0.0919. The molecule has 1 aliphatic heterocycles. The van der Waals surface area contributed by atoms with Gasteiger partial charge < -0.3 is 20.3 Å². The van der Waals surface area contributed by atoms with Crippen LogP contribution in [-0.2, 0) is 4.74 Å². The van der Waals surface area contributed by atoms with Gasteiger partial charge in [0.15, 0.2) is 5.72 Å². The number of nitroso groups, excluding NO2 is 1. The van der Waals surface area contributed by atoms with Crippen molar-refractivity contribution in [2.75, 3.05) is 13.7 Å². The van der Waals surface area contributed by atoms with Gasteiger partial charge in [0.05, 0.1) is 11.9 Å². The first-order chi connectivity index (χ1) is 11.2. The maximum absolute atomic E-state index is 11.9. The summed E-state index contributed by atoms with van der Waals surface area (Å²) in [5, 5.41) is 24.8. The molecule has 132 valence electrons. The first-order valence-corrected chi connectivity index (χ1v) is 6.91. The van der Waals surface area contributed by atoms with Crippen molar-refractivity contribution in [2.45, 2.75) is 31.4 Å². The molecule has 1 aromatic heterocycles. The number of nitrogens with zero attached hydrogens (tertiary/aromatic N) is 3. The molecule has 0 unspecified atom stereocenters. The van der Waals surface area contributed by atoms with E-state index in [4.69, 9.17) is 4.74 Å². The van der Waals surface area contributed by atoms with Gasteiger partial charge in [-0.2, -0.15) is 5.01 Å². The molecular weight excluding hydrogens is 326 g/mol. The minimum Gasteiger partial charge on any atom is -0.393 e. The number of aromatic amines is 1. The molecule has 2 rings (SSSR count). The van der Waals surface area contributed by atoms with Crippen LogP contribution in [0.5, 0.6) is 0 Å². The van der Waals surface area contributed by atoms with Crippen molar-refractivity contribution in [3.8, 4) is 0 Å². The number of carbonyl (C=O) groups is 1. The molecule has 4 N–H and O–H groups in total. The minimum absolute atomic E-state index is 0.239. The molecule has 0 bridgehead atoms. The SMILES string of the molecule is Cc1cn([C@H]2C[C@@](O)(NC(=O)N(C)N=O)[C@@H](CO)O2)c(=O)[nH]c1=O. The fourth-order valence-corrected chi connectivity index (χ4v) is 2.34. The number of aromatic nitrogens is 2. The van der Waals surface area contributed by atoms with Crippen LogP contribution in [-0.4, -0.2) is 56.3 Å². The smallest absolute Gasteiger partial charge is 0.342 e. The summed E-state index contributed by atoms with van der Waals surface area (Å²) in [6.45, 7) is 0.814. The van der Waals surface area contributed by atoms with E-state index in [0.717, 1.165) is 11.6 Å². The predicted molar refractivity (Wildman–Crippen MR) is 78.7 cm³/mol. The van der Waals surface area contributed by atoms with Crippen LogP contribution in [0.2, 0.25) is 0 Å². The highest BCUT2D eigenvalue weighted by Gasteiger charge is 2.49. The van der Waals surface area contributed by atoms with E-state index < -0.39 is 41.9 Å². The normalized spacial score (nSPS) is 26.2. The second-order valence-corrected chi connectivity index (χ2v) is 5.40. The van der Waals surface area contributed by atoms with Crippen molar-refractivity contribution >= 4 is 6.03 Å². The van der Waals surface area contributed by atoms with Crippen LogP contribution in [0, 0.1) is 11.8 Å². The van der Waals surface area contributed by atoms with Crippen LogP contribution < -0.4 is 16.6 Å². The number of nitrogens with one attached hydrogen (secondary N) is 2. The lowest BCUT2D eigenvalue weighted by Crippen LogP contribution is -2.57. The third-order valence-electron chi connectivity index (χ3n) is 3.70. The van der Waals surface area contributed by atoms with Gasteiger partial charge in [0.1, 0.15) is 12.3 Å². The molecule has 0 spiro atoms. The number of amides is 2. The van der Waals surface area contributed by atoms with Crippen molar-refractivity contribution in [2.24, 2.45) is 5.29 Å². The molecule has 24 heavy (non-hydrogen) atoms. The summed E-state index contributed by atoms with van der Waals surface area (Å²) in [5.74, 6) is 0. The number of hydrogen-bond donors (Lipinski definition) is 4. The number of ether oxygens (including phenoxy) is 1. The van der Waals surface area contributed by atoms with E-state index in [0.29, 0.717) is 5.01 Å². The Labute approximate surface area is 134 Å². The molecule has 2 amide bonds. The molecule has 0 aromatic carbocycles. The van der Waals surface area contributed by atoms with E-state index in [9.17, 15) is 29.5 Å². The molecule has 12 heteroatoms. The summed E-state index contributed by atoms with van der Waals surface area (Å²) in [4.78, 5) is 47.5. The predicted octanol–water partition coefficient (Wildman–Crippen LogP) is -1.86. The van der Waals surface area contributed by atoms with Crippen LogP contribution in [0.1, 0.15) is 18.2 Å². The number of aliphatic hydroxyl groups excluding tert-OH is 1. The molecule has 1 aliphatic rings. The Morgan fingerprint density at radius 2 is 2.29 bits per heavy atom. The maximum Gasteiger partial charge on any atom is 0.342 e. The third-order valence-corrected chi connectivity index (χ3v) is 3.70. The summed E-state index contributed by atoms with van der Waals surface area (Å²) >= 11 is 0. The Balaban J connectivity index is 2.30. The molecule has 1 aromatic rings. The van der Waals surface area contributed by atoms with Gasteiger partial charge in [-0.3, -0.25) is 14.3 Å². The number of carbonyl (C=O) groups excluding carboxylic acids is 1. The molecule has 12 nitrogen and oxygen atoms in total. The van der Waals surface area contributed by atoms with E-state index >= 15 is 0 Å². The highest BCUT2D eigenvalue weighted by Crippen LogP contribution is 2.34. The summed E-state index contributed by atoms with van der Waals surface area (Å²) in [7, 11) is 1.07. The Morgan fingerprint density at radius 3 is 2.88 bits per heavy atom. The van der Waals surface area contributed by atoms with Crippen LogP contribution in [0.25, 0.3) is 0 Å². The molecule has 3 atom stereocenters. The fraction of sp³-hybridized carbons (Fsp3) is 0.583. The summed E-state index contributed by atoms with van der Waals surface area (Å²) in [6, 6.07) is -1.01. The van der Waals surface area contributed by atoms with Crippen LogP contribution in [0.4, 0.5) is 4.79 Å². The van der Waals surface area contributed by atoms with Gasteiger partial charge >= 0.3 is 11.7 Å². The van der Waals surface area contributed by atoms with Crippen molar-refractivity contribution in [3.63, 3.8) is 0 Å². The largest absolute Gasteiger partial charge is 0.393 e. The van der Waals surface area contributed by atoms with Crippen molar-refractivity contribution in [1.82, 2.24) is 19.9 Å². The number of rotatable bonds is 4. The molecule has 0 aliphatic carbocycles. The van der Waals surface area contributed by atoms with Gasteiger partial charge in [-0.1, -0.05) is 0 Å². The summed E-state index contributed by atoms with van der Waals surface area (Å²) in [5.41, 5.74) is -3.13. The minimum atomic E-state index is -2.04. The van der Waals surface area contributed by atoms with Gasteiger partial charge in [-0.25, -0.2) is 9.59 Å². The topological polar surface area (TPSA) is 166 Å². The van der Waals surface area contributed by atoms with Gasteiger partial charge in [-0.15, -0.1) is 4.91 Å². The number of aliphatic hydroxyl groups is 2. The number of hydrogen-bond acceptors (Lipinski definition) is 8. The first-order valence-electron chi connectivity index (χ1n) is 6.91. The molecule has 2 heterocycles. The van der Waals surface area contributed by atoms with E-state index in [1.54, 1.807) is 0 Å². The van der Waals surface area contributed by atoms with Crippen LogP contribution >= 0.6 is 0 Å². The van der Waals surface area contributed by atoms with Gasteiger partial charge in [0, 0.05) is 25.2 Å². The second-order valence-electron chi connectivity index (χ2n) is 5.40. The summed E-state index contributed by atoms with van der Waals surface area (Å²) in [6.07, 6.45) is -1.37. The lowest BCUT2D eigenvalue weighted by atomic mass is 10.1.